The van der Waals surface area contributed by atoms with Crippen LogP contribution >= 0.6 is 0 Å². The molecule has 3 aromatic carbocycles. The van der Waals surface area contributed by atoms with Crippen molar-refractivity contribution in [2.75, 3.05) is 0 Å². The molecule has 0 unspecified atom stereocenters. The normalized spacial score (nSPS) is 12.2. The molecule has 1 N–H and O–H groups in total. The Balaban J connectivity index is 2.02. The van der Waals surface area contributed by atoms with Gasteiger partial charge < -0.3 is 5.11 Å². The van der Waals surface area contributed by atoms with E-state index in [-0.39, 0.29) is 17.1 Å². The van der Waals surface area contributed by atoms with Crippen LogP contribution in [0, 0.1) is 0 Å². The van der Waals surface area contributed by atoms with Crippen LogP contribution in [0.2, 0.25) is 0 Å². The van der Waals surface area contributed by atoms with Gasteiger partial charge in [-0.25, -0.2) is 0 Å². The maximum atomic E-state index is 13.3. The van der Waals surface area contributed by atoms with Crippen molar-refractivity contribution in [2.45, 2.75) is 0 Å². The van der Waals surface area contributed by atoms with Crippen molar-refractivity contribution < 1.29 is 9.90 Å². The lowest BCUT2D eigenvalue weighted by Crippen LogP contribution is -2.21. The van der Waals surface area contributed by atoms with Crippen molar-refractivity contribution >= 4 is 16.6 Å². The summed E-state index contributed by atoms with van der Waals surface area (Å²) in [5.41, 5.74) is 2.94. The van der Waals surface area contributed by atoms with Crippen LogP contribution in [0.5, 0.6) is 5.75 Å². The topological polar surface area (TPSA) is 59.3 Å². The average molecular weight is 339 g/mol. The minimum atomic E-state index is -0.186. The van der Waals surface area contributed by atoms with E-state index in [4.69, 9.17) is 0 Å². The van der Waals surface area contributed by atoms with Crippen molar-refractivity contribution in [3.05, 3.63) is 94.3 Å². The van der Waals surface area contributed by atoms with Gasteiger partial charge in [-0.2, -0.15) is 0 Å². The number of aromatic nitrogens is 1. The molecule has 0 atom stereocenters. The largest absolute Gasteiger partial charge is 0.508 e. The molecule has 0 fully saturated rings. The molecule has 0 saturated carbocycles. The van der Waals surface area contributed by atoms with Gasteiger partial charge in [0.1, 0.15) is 5.75 Å². The summed E-state index contributed by atoms with van der Waals surface area (Å²) in [6.45, 7) is 0. The van der Waals surface area contributed by atoms with Gasteiger partial charge in [0.25, 0.3) is 5.56 Å². The van der Waals surface area contributed by atoms with E-state index >= 15 is 0 Å². The van der Waals surface area contributed by atoms with Crippen LogP contribution in [0.25, 0.3) is 27.7 Å². The van der Waals surface area contributed by atoms with E-state index in [0.717, 1.165) is 5.56 Å². The van der Waals surface area contributed by atoms with Crippen LogP contribution in [0.4, 0.5) is 0 Å². The molecule has 1 aliphatic rings. The van der Waals surface area contributed by atoms with Gasteiger partial charge in [0, 0.05) is 27.6 Å². The van der Waals surface area contributed by atoms with Crippen LogP contribution in [0.3, 0.4) is 0 Å². The second-order valence-electron chi connectivity index (χ2n) is 6.30. The molecule has 4 aromatic rings. The van der Waals surface area contributed by atoms with Crippen molar-refractivity contribution in [3.8, 4) is 22.7 Å². The summed E-state index contributed by atoms with van der Waals surface area (Å²) < 4.78 is 1.57. The first-order valence-corrected chi connectivity index (χ1v) is 8.28. The Hall–Kier alpha value is -3.66. The molecule has 4 heteroatoms. The molecule has 124 valence electrons. The number of hydrogen-bond acceptors (Lipinski definition) is 3. The first-order valence-electron chi connectivity index (χ1n) is 8.28. The molecule has 5 rings (SSSR count). The number of benzene rings is 3. The molecule has 0 aliphatic heterocycles. The first-order chi connectivity index (χ1) is 12.7. The van der Waals surface area contributed by atoms with Crippen LogP contribution in [0.15, 0.2) is 77.6 Å². The highest BCUT2D eigenvalue weighted by molar-refractivity contribution is 6.26. The van der Waals surface area contributed by atoms with Gasteiger partial charge >= 0.3 is 0 Å². The third-order valence-corrected chi connectivity index (χ3v) is 4.85. The van der Waals surface area contributed by atoms with Gasteiger partial charge in [0.2, 0.25) is 0 Å². The van der Waals surface area contributed by atoms with E-state index in [1.807, 2.05) is 30.3 Å². The number of carbonyl (C=O) groups excluding carboxylic acids is 1. The maximum absolute atomic E-state index is 13.3. The minimum absolute atomic E-state index is 0.0701. The SMILES string of the molecule is O=C1c2ccccc2-c2c1c1ccccc1c(=O)n2-c1ccc(O)cc1. The number of nitrogens with zero attached hydrogens (tertiary/aromatic N) is 1. The van der Waals surface area contributed by atoms with E-state index in [2.05, 4.69) is 0 Å². The summed E-state index contributed by atoms with van der Waals surface area (Å²) in [4.78, 5) is 26.4. The molecule has 1 heterocycles. The summed E-state index contributed by atoms with van der Waals surface area (Å²) in [5, 5.41) is 10.8. The van der Waals surface area contributed by atoms with Crippen LogP contribution in [0.1, 0.15) is 15.9 Å². The van der Waals surface area contributed by atoms with Crippen LogP contribution in [-0.4, -0.2) is 15.5 Å². The number of fused-ring (bicyclic) bond motifs is 5. The fourth-order valence-electron chi connectivity index (χ4n) is 3.70. The fraction of sp³-hybridized carbons (Fsp3) is 0. The smallest absolute Gasteiger partial charge is 0.263 e. The van der Waals surface area contributed by atoms with E-state index < -0.39 is 0 Å². The Bertz CT molecular complexity index is 1270. The van der Waals surface area contributed by atoms with E-state index in [1.165, 1.54) is 12.1 Å². The van der Waals surface area contributed by atoms with Crippen LogP contribution in [-0.2, 0) is 0 Å². The molecular weight excluding hydrogens is 326 g/mol. The number of hydrogen-bond donors (Lipinski definition) is 1. The minimum Gasteiger partial charge on any atom is -0.508 e. The van der Waals surface area contributed by atoms with Crippen molar-refractivity contribution in [1.29, 1.82) is 0 Å². The Morgan fingerprint density at radius 2 is 1.31 bits per heavy atom. The number of rotatable bonds is 1. The Labute approximate surface area is 148 Å². The predicted octanol–water partition coefficient (Wildman–Crippen LogP) is 3.91. The Kier molecular flexibility index (Phi) is 2.91. The summed E-state index contributed by atoms with van der Waals surface area (Å²) in [7, 11) is 0. The average Bonchev–Trinajstić information content (AvgIpc) is 2.97. The molecule has 0 amide bonds. The number of phenolic OH excluding ortho intramolecular Hbond substituents is 1. The number of pyridine rings is 1. The highest BCUT2D eigenvalue weighted by atomic mass is 16.3. The number of ketones is 1. The fourth-order valence-corrected chi connectivity index (χ4v) is 3.70. The standard InChI is InChI=1S/C22H13NO3/c24-14-11-9-13(10-12-14)23-20-16-6-2-3-7-17(16)21(25)19(20)15-5-1-4-8-18(15)22(23)26/h1-12,24H. The number of phenols is 1. The third kappa shape index (κ3) is 1.84. The molecule has 0 bridgehead atoms. The summed E-state index contributed by atoms with van der Waals surface area (Å²) in [5.74, 6) is 0.0510. The van der Waals surface area contributed by atoms with Crippen LogP contribution < -0.4 is 5.56 Å². The Morgan fingerprint density at radius 1 is 0.692 bits per heavy atom. The lowest BCUT2D eigenvalue weighted by molar-refractivity contribution is 0.104. The zero-order valence-corrected chi connectivity index (χ0v) is 13.6. The zero-order valence-electron chi connectivity index (χ0n) is 13.6. The molecular formula is C22H13NO3. The van der Waals surface area contributed by atoms with E-state index in [1.54, 1.807) is 34.9 Å². The van der Waals surface area contributed by atoms with E-state index in [9.17, 15) is 14.7 Å². The monoisotopic (exact) mass is 339 g/mol. The van der Waals surface area contributed by atoms with Gasteiger partial charge in [0.05, 0.1) is 11.3 Å². The third-order valence-electron chi connectivity index (χ3n) is 4.85. The molecule has 4 nitrogen and oxygen atoms in total. The zero-order chi connectivity index (χ0) is 17.8. The Morgan fingerprint density at radius 3 is 2.04 bits per heavy atom. The van der Waals surface area contributed by atoms with Crippen molar-refractivity contribution in [2.24, 2.45) is 0 Å². The summed E-state index contributed by atoms with van der Waals surface area (Å²) in [6.07, 6.45) is 0. The van der Waals surface area contributed by atoms with Gasteiger partial charge in [0.15, 0.2) is 5.78 Å². The highest BCUT2D eigenvalue weighted by Crippen LogP contribution is 2.40. The van der Waals surface area contributed by atoms with E-state index in [0.29, 0.717) is 33.3 Å². The lowest BCUT2D eigenvalue weighted by Gasteiger charge is -2.15. The molecule has 0 radical (unpaired) electrons. The van der Waals surface area contributed by atoms with Crippen molar-refractivity contribution in [1.82, 2.24) is 4.57 Å². The molecule has 0 spiro atoms. The molecule has 1 aliphatic carbocycles. The summed E-state index contributed by atoms with van der Waals surface area (Å²) in [6, 6.07) is 21.0. The molecule has 26 heavy (non-hydrogen) atoms. The number of carbonyl (C=O) groups is 1. The van der Waals surface area contributed by atoms with Gasteiger partial charge in [-0.3, -0.25) is 14.2 Å². The van der Waals surface area contributed by atoms with Gasteiger partial charge in [-0.15, -0.1) is 0 Å². The first kappa shape index (κ1) is 14.7. The molecule has 0 saturated heterocycles. The quantitative estimate of drug-likeness (QED) is 0.504. The molecule has 1 aromatic heterocycles. The van der Waals surface area contributed by atoms with Gasteiger partial charge in [-0.1, -0.05) is 42.5 Å². The second-order valence-corrected chi connectivity index (χ2v) is 6.30. The lowest BCUT2D eigenvalue weighted by atomic mass is 10.0. The highest BCUT2D eigenvalue weighted by Gasteiger charge is 2.32. The summed E-state index contributed by atoms with van der Waals surface area (Å²) >= 11 is 0. The number of aromatic hydroxyl groups is 1. The van der Waals surface area contributed by atoms with Gasteiger partial charge in [-0.05, 0) is 30.3 Å². The maximum Gasteiger partial charge on any atom is 0.263 e. The second kappa shape index (κ2) is 5.17. The van der Waals surface area contributed by atoms with Crippen molar-refractivity contribution in [3.63, 3.8) is 0 Å². The predicted molar refractivity (Wildman–Crippen MR) is 100 cm³/mol.